The van der Waals surface area contributed by atoms with E-state index in [-0.39, 0.29) is 58.9 Å². The topological polar surface area (TPSA) is 130 Å². The lowest BCUT2D eigenvalue weighted by atomic mass is 9.43. The number of esters is 1. The van der Waals surface area contributed by atoms with Crippen LogP contribution in [0.3, 0.4) is 0 Å². The Morgan fingerprint density at radius 1 is 1.08 bits per heavy atom. The summed E-state index contributed by atoms with van der Waals surface area (Å²) in [7, 11) is 0. The third kappa shape index (κ3) is 4.91. The molecule has 0 spiro atoms. The van der Waals surface area contributed by atoms with Gasteiger partial charge >= 0.3 is 12.2 Å². The molecule has 4 aliphatic carbocycles. The number of hydrogen-bond acceptors (Lipinski definition) is 7. The molecule has 1 unspecified atom stereocenters. The van der Waals surface area contributed by atoms with Gasteiger partial charge in [0.25, 0.3) is 0 Å². The van der Waals surface area contributed by atoms with Crippen molar-refractivity contribution in [3.63, 3.8) is 0 Å². The van der Waals surface area contributed by atoms with Crippen LogP contribution in [0.25, 0.3) is 0 Å². The summed E-state index contributed by atoms with van der Waals surface area (Å²) in [5.74, 6) is 0.613. The van der Waals surface area contributed by atoms with Gasteiger partial charge in [0.05, 0.1) is 28.8 Å². The van der Waals surface area contributed by atoms with E-state index in [1.165, 1.54) is 0 Å². The molecule has 0 aliphatic heterocycles. The van der Waals surface area contributed by atoms with Crippen LogP contribution in [0.4, 0.5) is 0 Å². The van der Waals surface area contributed by atoms with Gasteiger partial charge in [-0.3, -0.25) is 14.9 Å². The first-order valence-corrected chi connectivity index (χ1v) is 14.9. The minimum atomic E-state index is -1.52. The van der Waals surface area contributed by atoms with Crippen LogP contribution in [-0.4, -0.2) is 44.5 Å². The van der Waals surface area contributed by atoms with Crippen LogP contribution in [0.5, 0.6) is 0 Å². The van der Waals surface area contributed by atoms with E-state index in [1.807, 2.05) is 0 Å². The molecule has 12 atom stereocenters. The summed E-state index contributed by atoms with van der Waals surface area (Å²) in [6.07, 6.45) is 3.67. The van der Waals surface area contributed by atoms with E-state index >= 15 is 0 Å². The highest BCUT2D eigenvalue weighted by Gasteiger charge is 2.65. The fourth-order valence-corrected chi connectivity index (χ4v) is 9.71. The minimum Gasteiger partial charge on any atom is -0.394 e. The summed E-state index contributed by atoms with van der Waals surface area (Å²) in [6, 6.07) is 8.28. The molecule has 4 fully saturated rings. The Morgan fingerprint density at radius 3 is 2.49 bits per heavy atom. The minimum absolute atomic E-state index is 0.0329. The van der Waals surface area contributed by atoms with Gasteiger partial charge in [-0.15, -0.1) is 0 Å². The Labute approximate surface area is 231 Å². The molecule has 0 amide bonds. The van der Waals surface area contributed by atoms with Crippen LogP contribution >= 0.6 is 0 Å². The Kier molecular flexibility index (Phi) is 7.85. The van der Waals surface area contributed by atoms with Crippen molar-refractivity contribution in [1.82, 2.24) is 0 Å². The fraction of sp³-hybridized carbons (Fsp3) is 0.774. The van der Waals surface area contributed by atoms with Gasteiger partial charge in [0.15, 0.2) is 0 Å². The molecule has 1 aromatic carbocycles. The molecule has 4 saturated carbocycles. The van der Waals surface area contributed by atoms with E-state index in [0.29, 0.717) is 18.4 Å². The smallest absolute Gasteiger partial charge is 0.382 e. The number of carbonyl (C=O) groups is 1. The number of nitro groups is 1. The van der Waals surface area contributed by atoms with Gasteiger partial charge < -0.3 is 20.1 Å². The molecular formula is C31H45NO7. The van der Waals surface area contributed by atoms with Gasteiger partial charge in [-0.2, -0.15) is 0 Å². The first-order valence-electron chi connectivity index (χ1n) is 14.9. The summed E-state index contributed by atoms with van der Waals surface area (Å²) >= 11 is 0. The van der Waals surface area contributed by atoms with Gasteiger partial charge in [-0.1, -0.05) is 39.0 Å². The van der Waals surface area contributed by atoms with Crippen molar-refractivity contribution in [2.75, 3.05) is 0 Å². The quantitative estimate of drug-likeness (QED) is 0.193. The van der Waals surface area contributed by atoms with Crippen LogP contribution < -0.4 is 0 Å². The molecule has 0 heterocycles. The number of carbonyl (C=O) groups excluding carboxylic acids is 1. The van der Waals surface area contributed by atoms with E-state index in [2.05, 4.69) is 20.8 Å². The van der Waals surface area contributed by atoms with Crippen LogP contribution in [0.2, 0.25) is 0 Å². The molecule has 5 rings (SSSR count). The highest BCUT2D eigenvalue weighted by molar-refractivity contribution is 5.69. The van der Waals surface area contributed by atoms with Crippen LogP contribution in [-0.2, 0) is 9.53 Å². The maximum Gasteiger partial charge on any atom is 0.382 e. The summed E-state index contributed by atoms with van der Waals surface area (Å²) < 4.78 is 5.28. The van der Waals surface area contributed by atoms with E-state index in [1.54, 1.807) is 30.3 Å². The summed E-state index contributed by atoms with van der Waals surface area (Å²) in [5.41, 5.74) is 0.0194. The molecule has 3 N–H and O–H groups in total. The molecule has 0 saturated heterocycles. The van der Waals surface area contributed by atoms with Crippen molar-refractivity contribution in [2.24, 2.45) is 46.3 Å². The summed E-state index contributed by atoms with van der Waals surface area (Å²) in [5, 5.41) is 45.0. The van der Waals surface area contributed by atoms with Crippen molar-refractivity contribution >= 4 is 5.97 Å². The molecular weight excluding hydrogens is 498 g/mol. The van der Waals surface area contributed by atoms with Crippen LogP contribution in [0.15, 0.2) is 30.3 Å². The molecule has 216 valence electrons. The van der Waals surface area contributed by atoms with Gasteiger partial charge in [-0.25, -0.2) is 0 Å². The van der Waals surface area contributed by atoms with Crippen molar-refractivity contribution in [3.8, 4) is 0 Å². The summed E-state index contributed by atoms with van der Waals surface area (Å²) in [6.45, 7) is 6.63. The second-order valence-electron chi connectivity index (χ2n) is 13.6. The average molecular weight is 544 g/mol. The maximum atomic E-state index is 12.7. The maximum absolute atomic E-state index is 12.7. The highest BCUT2D eigenvalue weighted by Crippen LogP contribution is 2.68. The largest absolute Gasteiger partial charge is 0.394 e. The zero-order valence-corrected chi connectivity index (χ0v) is 23.4. The number of ether oxygens (including phenoxy) is 1. The standard InChI is InChI=1S/C31H45NO7/c1-18(9-12-27(36)39-29(32(37)38)19-7-5-4-6-8-19)22-10-11-23-28-24(17-26(35)31(22,23)3)30(2)14-13-21(33)15-20(30)16-25(28)34/h4-8,18,20-26,28-29,33-35H,9-17H2,1-3H3/t18-,20+,21-,22-,23+,24+,25-,26+,28+,29?,30+,31-/m1/s1. The third-order valence-electron chi connectivity index (χ3n) is 11.8. The lowest BCUT2D eigenvalue weighted by Crippen LogP contribution is -2.62. The van der Waals surface area contributed by atoms with Gasteiger partial charge in [0, 0.05) is 6.42 Å². The van der Waals surface area contributed by atoms with Crippen LogP contribution in [0, 0.1) is 56.5 Å². The molecule has 1 aromatic rings. The van der Waals surface area contributed by atoms with E-state index < -0.39 is 29.3 Å². The number of rotatable bonds is 7. The second kappa shape index (κ2) is 10.7. The first kappa shape index (κ1) is 28.5. The predicted molar refractivity (Wildman–Crippen MR) is 145 cm³/mol. The third-order valence-corrected chi connectivity index (χ3v) is 11.8. The average Bonchev–Trinajstić information content (AvgIpc) is 3.26. The van der Waals surface area contributed by atoms with Gasteiger partial charge in [0.1, 0.15) is 0 Å². The zero-order valence-electron chi connectivity index (χ0n) is 23.4. The lowest BCUT2D eigenvalue weighted by molar-refractivity contribution is -0.576. The first-order chi connectivity index (χ1) is 18.5. The number of aliphatic hydroxyl groups is 3. The normalized spacial score (nSPS) is 42.9. The number of hydrogen-bond donors (Lipinski definition) is 3. The lowest BCUT2D eigenvalue weighted by Gasteiger charge is -2.63. The van der Waals surface area contributed by atoms with Gasteiger partial charge in [0.2, 0.25) is 0 Å². The van der Waals surface area contributed by atoms with E-state index in [0.717, 1.165) is 38.5 Å². The Hall–Kier alpha value is -2.03. The molecule has 8 nitrogen and oxygen atoms in total. The van der Waals surface area contributed by atoms with Gasteiger partial charge in [-0.05, 0) is 110 Å². The molecule has 0 radical (unpaired) electrons. The Bertz CT molecular complexity index is 1050. The Morgan fingerprint density at radius 2 is 1.79 bits per heavy atom. The fourth-order valence-electron chi connectivity index (χ4n) is 9.71. The summed E-state index contributed by atoms with van der Waals surface area (Å²) in [4.78, 5) is 23.6. The van der Waals surface area contributed by atoms with Crippen molar-refractivity contribution in [3.05, 3.63) is 46.0 Å². The Balaban J connectivity index is 1.26. The number of fused-ring (bicyclic) bond motifs is 5. The van der Waals surface area contributed by atoms with Crippen LogP contribution in [0.1, 0.15) is 90.3 Å². The van der Waals surface area contributed by atoms with Crippen molar-refractivity contribution in [2.45, 2.75) is 103 Å². The SMILES string of the molecule is C[C@H](CCC(=O)OC(c1ccccc1)[N+](=O)[O-])[C@H]1CC[C@H]2[C@@H]3[C@H](O)C[C@@H]4C[C@H](O)CC[C@]4(C)[C@H]3C[C@H](O)[C@]12C. The second-order valence-corrected chi connectivity index (χ2v) is 13.6. The van der Waals surface area contributed by atoms with Crippen molar-refractivity contribution < 1.29 is 29.8 Å². The van der Waals surface area contributed by atoms with E-state index in [4.69, 9.17) is 4.74 Å². The number of aliphatic hydroxyl groups excluding tert-OH is 3. The predicted octanol–water partition coefficient (Wildman–Crippen LogP) is 4.88. The number of nitrogens with zero attached hydrogens (tertiary/aromatic N) is 1. The monoisotopic (exact) mass is 543 g/mol. The zero-order chi connectivity index (χ0) is 28.1. The molecule has 0 bridgehead atoms. The molecule has 0 aromatic heterocycles. The van der Waals surface area contributed by atoms with E-state index in [9.17, 15) is 30.2 Å². The molecule has 39 heavy (non-hydrogen) atoms. The number of benzene rings is 1. The van der Waals surface area contributed by atoms with Crippen molar-refractivity contribution in [1.29, 1.82) is 0 Å². The molecule has 4 aliphatic rings. The highest BCUT2D eigenvalue weighted by atomic mass is 16.7. The molecule has 8 heteroatoms.